The average Bonchev–Trinajstić information content (AvgIpc) is 2.68. The standard InChI is InChI=1S/C20H14ClF3N2O3S/c1-11-5-6-12(20(27)25-16-8-7-15(22)18(23)19(16)24)9-17(11)30(28,29)26-14-4-2-3-13(21)10-14/h2-10,26H,1H3,(H,25,27). The highest BCUT2D eigenvalue weighted by atomic mass is 35.5. The van der Waals surface area contributed by atoms with Crippen molar-refractivity contribution >= 4 is 38.9 Å². The summed E-state index contributed by atoms with van der Waals surface area (Å²) in [6, 6.07) is 11.4. The Balaban J connectivity index is 1.91. The first-order valence-electron chi connectivity index (χ1n) is 8.42. The molecule has 3 rings (SSSR count). The fraction of sp³-hybridized carbons (Fsp3) is 0.0500. The Kier molecular flexibility index (Phi) is 6.04. The number of carbonyl (C=O) groups excluding carboxylic acids is 1. The van der Waals surface area contributed by atoms with Gasteiger partial charge < -0.3 is 5.32 Å². The number of hydrogen-bond acceptors (Lipinski definition) is 3. The van der Waals surface area contributed by atoms with Crippen molar-refractivity contribution in [1.29, 1.82) is 0 Å². The Labute approximate surface area is 175 Å². The van der Waals surface area contributed by atoms with Gasteiger partial charge in [-0.15, -0.1) is 0 Å². The summed E-state index contributed by atoms with van der Waals surface area (Å²) in [4.78, 5) is 12.2. The number of rotatable bonds is 5. The number of hydrogen-bond donors (Lipinski definition) is 2. The summed E-state index contributed by atoms with van der Waals surface area (Å²) >= 11 is 5.86. The van der Waals surface area contributed by atoms with Crippen molar-refractivity contribution in [2.45, 2.75) is 11.8 Å². The fourth-order valence-electron chi connectivity index (χ4n) is 2.61. The van der Waals surface area contributed by atoms with Crippen LogP contribution in [0.3, 0.4) is 0 Å². The number of amides is 1. The second-order valence-corrected chi connectivity index (χ2v) is 8.36. The molecule has 10 heteroatoms. The summed E-state index contributed by atoms with van der Waals surface area (Å²) in [6.45, 7) is 1.53. The predicted octanol–water partition coefficient (Wildman–Crippen LogP) is 5.12. The third kappa shape index (κ3) is 4.58. The zero-order valence-corrected chi connectivity index (χ0v) is 16.9. The summed E-state index contributed by atoms with van der Waals surface area (Å²) in [5, 5.41) is 2.42. The Morgan fingerprint density at radius 1 is 0.967 bits per heavy atom. The van der Waals surface area contributed by atoms with Crippen LogP contribution in [0.2, 0.25) is 5.02 Å². The van der Waals surface area contributed by atoms with Crippen LogP contribution in [0.15, 0.2) is 59.5 Å². The third-order valence-corrected chi connectivity index (χ3v) is 5.86. The highest BCUT2D eigenvalue weighted by Gasteiger charge is 2.21. The van der Waals surface area contributed by atoms with Gasteiger partial charge in [0.2, 0.25) is 0 Å². The first-order chi connectivity index (χ1) is 14.1. The zero-order valence-electron chi connectivity index (χ0n) is 15.3. The van der Waals surface area contributed by atoms with E-state index in [4.69, 9.17) is 11.6 Å². The highest BCUT2D eigenvalue weighted by molar-refractivity contribution is 7.92. The lowest BCUT2D eigenvalue weighted by molar-refractivity contribution is 0.102. The van der Waals surface area contributed by atoms with Gasteiger partial charge in [0.1, 0.15) is 0 Å². The molecule has 5 nitrogen and oxygen atoms in total. The van der Waals surface area contributed by atoms with Gasteiger partial charge in [-0.1, -0.05) is 23.7 Å². The highest BCUT2D eigenvalue weighted by Crippen LogP contribution is 2.24. The molecule has 0 atom stereocenters. The topological polar surface area (TPSA) is 75.3 Å². The van der Waals surface area contributed by atoms with Crippen molar-refractivity contribution in [3.05, 3.63) is 88.2 Å². The number of anilines is 2. The maximum atomic E-state index is 13.8. The van der Waals surface area contributed by atoms with Crippen LogP contribution < -0.4 is 10.0 Å². The van der Waals surface area contributed by atoms with E-state index in [1.165, 1.54) is 31.2 Å². The van der Waals surface area contributed by atoms with Crippen molar-refractivity contribution in [2.24, 2.45) is 0 Å². The molecule has 0 heterocycles. The van der Waals surface area contributed by atoms with E-state index >= 15 is 0 Å². The molecule has 3 aromatic carbocycles. The number of halogens is 4. The summed E-state index contributed by atoms with van der Waals surface area (Å²) in [6.07, 6.45) is 0. The second-order valence-electron chi connectivity index (χ2n) is 6.27. The van der Waals surface area contributed by atoms with E-state index in [1.54, 1.807) is 12.1 Å². The van der Waals surface area contributed by atoms with Gasteiger partial charge in [-0.3, -0.25) is 9.52 Å². The number of aryl methyl sites for hydroxylation is 1. The molecule has 0 aliphatic carbocycles. The van der Waals surface area contributed by atoms with Crippen LogP contribution in [0.25, 0.3) is 0 Å². The van der Waals surface area contributed by atoms with Crippen LogP contribution >= 0.6 is 11.6 Å². The molecule has 0 aromatic heterocycles. The van der Waals surface area contributed by atoms with Crippen LogP contribution in [0.5, 0.6) is 0 Å². The molecule has 0 saturated carbocycles. The minimum atomic E-state index is -4.08. The lowest BCUT2D eigenvalue weighted by Crippen LogP contribution is -2.17. The number of carbonyl (C=O) groups is 1. The van der Waals surface area contributed by atoms with E-state index in [2.05, 4.69) is 10.0 Å². The van der Waals surface area contributed by atoms with Crippen LogP contribution in [-0.2, 0) is 10.0 Å². The van der Waals surface area contributed by atoms with Crippen molar-refractivity contribution in [3.8, 4) is 0 Å². The molecule has 30 heavy (non-hydrogen) atoms. The Morgan fingerprint density at radius 2 is 1.70 bits per heavy atom. The molecule has 2 N–H and O–H groups in total. The van der Waals surface area contributed by atoms with Crippen molar-refractivity contribution in [2.75, 3.05) is 10.0 Å². The van der Waals surface area contributed by atoms with Crippen molar-refractivity contribution in [3.63, 3.8) is 0 Å². The van der Waals surface area contributed by atoms with E-state index in [-0.39, 0.29) is 16.1 Å². The molecule has 1 amide bonds. The maximum Gasteiger partial charge on any atom is 0.262 e. The zero-order chi connectivity index (χ0) is 22.1. The van der Waals surface area contributed by atoms with E-state index in [1.807, 2.05) is 0 Å². The smallest absolute Gasteiger partial charge is 0.262 e. The summed E-state index contributed by atoms with van der Waals surface area (Å²) < 4.78 is 68.1. The minimum absolute atomic E-state index is 0.129. The quantitative estimate of drug-likeness (QED) is 0.525. The van der Waals surface area contributed by atoms with Gasteiger partial charge in [0, 0.05) is 10.6 Å². The molecule has 0 unspecified atom stereocenters. The van der Waals surface area contributed by atoms with Gasteiger partial charge in [0.05, 0.1) is 16.3 Å². The van der Waals surface area contributed by atoms with Gasteiger partial charge in [-0.2, -0.15) is 0 Å². The van der Waals surface area contributed by atoms with Gasteiger partial charge in [0.25, 0.3) is 15.9 Å². The molecule has 0 radical (unpaired) electrons. The number of benzene rings is 3. The molecule has 0 spiro atoms. The van der Waals surface area contributed by atoms with Gasteiger partial charge >= 0.3 is 0 Å². The normalized spacial score (nSPS) is 11.2. The first-order valence-corrected chi connectivity index (χ1v) is 10.3. The molecular formula is C20H14ClF3N2O3S. The van der Waals surface area contributed by atoms with Crippen LogP contribution in [0.1, 0.15) is 15.9 Å². The second kappa shape index (κ2) is 8.37. The monoisotopic (exact) mass is 454 g/mol. The third-order valence-electron chi connectivity index (χ3n) is 4.10. The largest absolute Gasteiger partial charge is 0.319 e. The van der Waals surface area contributed by atoms with E-state index < -0.39 is 39.1 Å². The SMILES string of the molecule is Cc1ccc(C(=O)Nc2ccc(F)c(F)c2F)cc1S(=O)(=O)Nc1cccc(Cl)c1. The summed E-state index contributed by atoms with van der Waals surface area (Å²) in [5.41, 5.74) is -0.141. The lowest BCUT2D eigenvalue weighted by Gasteiger charge is -2.13. The summed E-state index contributed by atoms with van der Waals surface area (Å²) in [5.74, 6) is -5.60. The molecule has 0 fully saturated rings. The van der Waals surface area contributed by atoms with E-state index in [9.17, 15) is 26.4 Å². The first kappa shape index (κ1) is 21.7. The van der Waals surface area contributed by atoms with E-state index in [0.29, 0.717) is 16.7 Å². The number of sulfonamides is 1. The minimum Gasteiger partial charge on any atom is -0.319 e. The van der Waals surface area contributed by atoms with Crippen LogP contribution in [-0.4, -0.2) is 14.3 Å². The average molecular weight is 455 g/mol. The Hall–Kier alpha value is -3.04. The summed E-state index contributed by atoms with van der Waals surface area (Å²) in [7, 11) is -4.08. The van der Waals surface area contributed by atoms with Gasteiger partial charge in [-0.25, -0.2) is 21.6 Å². The predicted molar refractivity (Wildman–Crippen MR) is 108 cm³/mol. The molecular weight excluding hydrogens is 441 g/mol. The van der Waals surface area contributed by atoms with Gasteiger partial charge in [-0.05, 0) is 55.0 Å². The van der Waals surface area contributed by atoms with Crippen LogP contribution in [0.4, 0.5) is 24.5 Å². The fourth-order valence-corrected chi connectivity index (χ4v) is 4.12. The molecule has 0 saturated heterocycles. The lowest BCUT2D eigenvalue weighted by atomic mass is 10.1. The molecule has 0 aliphatic heterocycles. The molecule has 0 aliphatic rings. The van der Waals surface area contributed by atoms with Crippen molar-refractivity contribution in [1.82, 2.24) is 0 Å². The Morgan fingerprint density at radius 3 is 2.40 bits per heavy atom. The van der Waals surface area contributed by atoms with E-state index in [0.717, 1.165) is 12.1 Å². The Bertz CT molecular complexity index is 1250. The van der Waals surface area contributed by atoms with Gasteiger partial charge in [0.15, 0.2) is 17.5 Å². The van der Waals surface area contributed by atoms with Crippen LogP contribution in [0, 0.1) is 24.4 Å². The molecule has 3 aromatic rings. The van der Waals surface area contributed by atoms with Crippen molar-refractivity contribution < 1.29 is 26.4 Å². The maximum absolute atomic E-state index is 13.8. The molecule has 156 valence electrons. The molecule has 0 bridgehead atoms. The number of nitrogens with one attached hydrogen (secondary N) is 2.